The van der Waals surface area contributed by atoms with Crippen LogP contribution in [0.25, 0.3) is 0 Å². The molecule has 0 aliphatic heterocycles. The van der Waals surface area contributed by atoms with Gasteiger partial charge in [0.15, 0.2) is 0 Å². The Morgan fingerprint density at radius 1 is 1.18 bits per heavy atom. The lowest BCUT2D eigenvalue weighted by Gasteiger charge is -2.23. The van der Waals surface area contributed by atoms with Gasteiger partial charge in [-0.15, -0.1) is 0 Å². The molecule has 0 saturated carbocycles. The van der Waals surface area contributed by atoms with Gasteiger partial charge in [-0.05, 0) is 36.5 Å². The minimum atomic E-state index is -0.182. The lowest BCUT2D eigenvalue weighted by Crippen LogP contribution is -2.16. The lowest BCUT2D eigenvalue weighted by molar-refractivity contribution is -0.134. The summed E-state index contributed by atoms with van der Waals surface area (Å²) in [4.78, 5) is 11.4. The van der Waals surface area contributed by atoms with Gasteiger partial charge in [0.25, 0.3) is 0 Å². The van der Waals surface area contributed by atoms with Gasteiger partial charge in [-0.1, -0.05) is 33.8 Å². The Labute approximate surface area is 104 Å². The molecule has 1 rings (SSSR count). The van der Waals surface area contributed by atoms with E-state index in [9.17, 15) is 4.79 Å². The van der Waals surface area contributed by atoms with Crippen molar-refractivity contribution in [2.45, 2.75) is 53.4 Å². The van der Waals surface area contributed by atoms with E-state index in [0.29, 0.717) is 12.2 Å². The van der Waals surface area contributed by atoms with Crippen LogP contribution in [0.5, 0.6) is 5.75 Å². The molecule has 0 aromatic heterocycles. The quantitative estimate of drug-likeness (QED) is 0.572. The molecule has 1 aromatic carbocycles. The molecule has 0 atom stereocenters. The van der Waals surface area contributed by atoms with Crippen molar-refractivity contribution in [2.24, 2.45) is 0 Å². The molecule has 0 aliphatic rings. The van der Waals surface area contributed by atoms with E-state index in [0.717, 1.165) is 11.1 Å². The first-order valence-corrected chi connectivity index (χ1v) is 6.08. The molecule has 0 unspecified atom stereocenters. The van der Waals surface area contributed by atoms with E-state index in [2.05, 4.69) is 33.8 Å². The van der Waals surface area contributed by atoms with E-state index >= 15 is 0 Å². The number of rotatable bonds is 2. The van der Waals surface area contributed by atoms with Crippen LogP contribution in [0.15, 0.2) is 12.1 Å². The molecule has 0 spiro atoms. The fourth-order valence-corrected chi connectivity index (χ4v) is 1.66. The number of benzene rings is 1. The Bertz CT molecular complexity index is 425. The van der Waals surface area contributed by atoms with Gasteiger partial charge in [-0.3, -0.25) is 4.79 Å². The first kappa shape index (κ1) is 13.8. The van der Waals surface area contributed by atoms with Crippen LogP contribution in [0.3, 0.4) is 0 Å². The summed E-state index contributed by atoms with van der Waals surface area (Å²) in [5.41, 5.74) is 3.44. The topological polar surface area (TPSA) is 26.3 Å². The van der Waals surface area contributed by atoms with E-state index in [1.165, 1.54) is 5.56 Å². The number of aryl methyl sites for hydroxylation is 2. The summed E-state index contributed by atoms with van der Waals surface area (Å²) >= 11 is 0. The summed E-state index contributed by atoms with van der Waals surface area (Å²) in [6, 6.07) is 4.08. The average Bonchev–Trinajstić information content (AvgIpc) is 2.21. The van der Waals surface area contributed by atoms with E-state index < -0.39 is 0 Å². The van der Waals surface area contributed by atoms with Gasteiger partial charge < -0.3 is 4.74 Å². The Kier molecular flexibility index (Phi) is 3.97. The number of esters is 1. The van der Waals surface area contributed by atoms with Crippen LogP contribution in [0, 0.1) is 13.8 Å². The first-order valence-electron chi connectivity index (χ1n) is 6.08. The fourth-order valence-electron chi connectivity index (χ4n) is 1.66. The van der Waals surface area contributed by atoms with Crippen LogP contribution in [0.4, 0.5) is 0 Å². The van der Waals surface area contributed by atoms with Crippen LogP contribution < -0.4 is 4.74 Å². The van der Waals surface area contributed by atoms with Gasteiger partial charge in [-0.2, -0.15) is 0 Å². The first-order chi connectivity index (χ1) is 7.75. The third-order valence-electron chi connectivity index (χ3n) is 2.92. The van der Waals surface area contributed by atoms with E-state index in [4.69, 9.17) is 4.74 Å². The molecule has 0 bridgehead atoms. The summed E-state index contributed by atoms with van der Waals surface area (Å²) in [6.07, 6.45) is 0.399. The van der Waals surface area contributed by atoms with Gasteiger partial charge >= 0.3 is 5.97 Å². The smallest absolute Gasteiger partial charge is 0.310 e. The molecule has 0 N–H and O–H groups in total. The summed E-state index contributed by atoms with van der Waals surface area (Å²) in [7, 11) is 0. The summed E-state index contributed by atoms with van der Waals surface area (Å²) in [5.74, 6) is 0.520. The van der Waals surface area contributed by atoms with E-state index in [-0.39, 0.29) is 11.4 Å². The van der Waals surface area contributed by atoms with Crippen LogP contribution in [0.1, 0.15) is 50.8 Å². The van der Waals surface area contributed by atoms with Crippen molar-refractivity contribution in [2.75, 3.05) is 0 Å². The van der Waals surface area contributed by atoms with Crippen molar-refractivity contribution in [1.82, 2.24) is 0 Å². The Morgan fingerprint density at radius 3 is 2.18 bits per heavy atom. The Morgan fingerprint density at radius 2 is 1.71 bits per heavy atom. The van der Waals surface area contributed by atoms with Crippen molar-refractivity contribution in [1.29, 1.82) is 0 Å². The van der Waals surface area contributed by atoms with Crippen molar-refractivity contribution in [3.8, 4) is 5.75 Å². The van der Waals surface area contributed by atoms with E-state index in [1.54, 1.807) is 6.92 Å². The zero-order valence-corrected chi connectivity index (χ0v) is 11.7. The summed E-state index contributed by atoms with van der Waals surface area (Å²) < 4.78 is 5.42. The van der Waals surface area contributed by atoms with Crippen molar-refractivity contribution >= 4 is 5.97 Å². The molecule has 0 radical (unpaired) electrons. The standard InChI is InChI=1S/C15H22O2/c1-7-14(16)17-13-9-11(3)10(2)8-12(13)15(4,5)6/h8-9H,7H2,1-6H3. The second-order valence-electron chi connectivity index (χ2n) is 5.51. The van der Waals surface area contributed by atoms with Gasteiger partial charge in [0.1, 0.15) is 5.75 Å². The monoisotopic (exact) mass is 234 g/mol. The van der Waals surface area contributed by atoms with Crippen molar-refractivity contribution < 1.29 is 9.53 Å². The minimum Gasteiger partial charge on any atom is -0.426 e. The maximum Gasteiger partial charge on any atom is 0.310 e. The van der Waals surface area contributed by atoms with E-state index in [1.807, 2.05) is 13.0 Å². The molecular weight excluding hydrogens is 212 g/mol. The highest BCUT2D eigenvalue weighted by atomic mass is 16.5. The molecule has 0 heterocycles. The zero-order chi connectivity index (χ0) is 13.2. The predicted octanol–water partition coefficient (Wildman–Crippen LogP) is 3.92. The van der Waals surface area contributed by atoms with Gasteiger partial charge in [0.05, 0.1) is 0 Å². The average molecular weight is 234 g/mol. The number of hydrogen-bond donors (Lipinski definition) is 0. The molecule has 17 heavy (non-hydrogen) atoms. The molecule has 0 saturated heterocycles. The lowest BCUT2D eigenvalue weighted by atomic mass is 9.84. The molecule has 0 amide bonds. The minimum absolute atomic E-state index is 0.0260. The molecular formula is C15H22O2. The molecule has 1 aromatic rings. The highest BCUT2D eigenvalue weighted by molar-refractivity contribution is 5.72. The highest BCUT2D eigenvalue weighted by Gasteiger charge is 2.21. The third-order valence-corrected chi connectivity index (χ3v) is 2.92. The van der Waals surface area contributed by atoms with Crippen LogP contribution in [0.2, 0.25) is 0 Å². The molecule has 2 heteroatoms. The van der Waals surface area contributed by atoms with Gasteiger partial charge in [0, 0.05) is 12.0 Å². The molecule has 0 aliphatic carbocycles. The predicted molar refractivity (Wildman–Crippen MR) is 70.5 cm³/mol. The number of carbonyl (C=O) groups is 1. The number of carbonyl (C=O) groups excluding carboxylic acids is 1. The van der Waals surface area contributed by atoms with Gasteiger partial charge in [0.2, 0.25) is 0 Å². The zero-order valence-electron chi connectivity index (χ0n) is 11.7. The molecule has 0 fully saturated rings. The Balaban J connectivity index is 3.26. The molecule has 2 nitrogen and oxygen atoms in total. The van der Waals surface area contributed by atoms with Crippen molar-refractivity contribution in [3.05, 3.63) is 28.8 Å². The summed E-state index contributed by atoms with van der Waals surface area (Å²) in [5, 5.41) is 0. The van der Waals surface area contributed by atoms with Crippen LogP contribution in [-0.2, 0) is 10.2 Å². The van der Waals surface area contributed by atoms with Crippen molar-refractivity contribution in [3.63, 3.8) is 0 Å². The highest BCUT2D eigenvalue weighted by Crippen LogP contribution is 2.33. The normalized spacial score (nSPS) is 11.4. The SMILES string of the molecule is CCC(=O)Oc1cc(C)c(C)cc1C(C)(C)C. The van der Waals surface area contributed by atoms with Crippen LogP contribution in [-0.4, -0.2) is 5.97 Å². The number of ether oxygens (including phenoxy) is 1. The largest absolute Gasteiger partial charge is 0.426 e. The maximum atomic E-state index is 11.4. The maximum absolute atomic E-state index is 11.4. The second-order valence-corrected chi connectivity index (χ2v) is 5.51. The fraction of sp³-hybridized carbons (Fsp3) is 0.533. The third kappa shape index (κ3) is 3.32. The molecule has 94 valence electrons. The van der Waals surface area contributed by atoms with Gasteiger partial charge in [-0.25, -0.2) is 0 Å². The van der Waals surface area contributed by atoms with Crippen LogP contribution >= 0.6 is 0 Å². The Hall–Kier alpha value is -1.31. The second kappa shape index (κ2) is 4.91. The summed E-state index contributed by atoms with van der Waals surface area (Å²) in [6.45, 7) is 12.3. The number of hydrogen-bond acceptors (Lipinski definition) is 2.